The highest BCUT2D eigenvalue weighted by Crippen LogP contribution is 2.04. The molecule has 10 heavy (non-hydrogen) atoms. The Hall–Kier alpha value is -0.900. The van der Waals surface area contributed by atoms with E-state index in [1.807, 2.05) is 6.92 Å². The number of aryl methyl sites for hydroxylation is 1. The van der Waals surface area contributed by atoms with Crippen molar-refractivity contribution in [3.8, 4) is 0 Å². The van der Waals surface area contributed by atoms with Crippen LogP contribution < -0.4 is 5.73 Å². The molecule has 0 saturated carbocycles. The molecule has 1 aromatic rings. The third kappa shape index (κ3) is 1.33. The Morgan fingerprint density at radius 2 is 2.50 bits per heavy atom. The van der Waals surface area contributed by atoms with Gasteiger partial charge in [0.25, 0.3) is 0 Å². The van der Waals surface area contributed by atoms with Gasteiger partial charge < -0.3 is 10.7 Å². The highest BCUT2D eigenvalue weighted by atomic mass is 32.1. The molecule has 3 nitrogen and oxygen atoms in total. The van der Waals surface area contributed by atoms with Crippen LogP contribution in [0.1, 0.15) is 12.5 Å². The number of nitrogens with zero attached hydrogens (tertiary/aromatic N) is 1. The van der Waals surface area contributed by atoms with Crippen molar-refractivity contribution in [2.75, 3.05) is 5.73 Å². The van der Waals surface area contributed by atoms with Gasteiger partial charge in [0.2, 0.25) is 0 Å². The minimum Gasteiger partial charge on any atom is -0.385 e. The molecule has 4 heteroatoms. The van der Waals surface area contributed by atoms with Crippen molar-refractivity contribution in [2.45, 2.75) is 13.3 Å². The molecule has 1 aromatic heterocycles. The average Bonchev–Trinajstić information content (AvgIpc) is 1.88. The molecule has 0 fully saturated rings. The second kappa shape index (κ2) is 2.79. The quantitative estimate of drug-likeness (QED) is 0.601. The lowest BCUT2D eigenvalue weighted by atomic mass is 10.2. The normalized spacial score (nSPS) is 9.70. The Morgan fingerprint density at radius 3 is 3.00 bits per heavy atom. The van der Waals surface area contributed by atoms with Crippen molar-refractivity contribution in [1.82, 2.24) is 9.97 Å². The van der Waals surface area contributed by atoms with Gasteiger partial charge in [-0.15, -0.1) is 0 Å². The van der Waals surface area contributed by atoms with Crippen molar-refractivity contribution in [3.05, 3.63) is 16.5 Å². The standard InChI is InChI=1S/C6H9N3S/c1-2-4-3-8-6(10)9-5(4)7/h3H,2H2,1H3,(H3,7,8,9,10). The Balaban J connectivity index is 3.19. The molecule has 3 N–H and O–H groups in total. The summed E-state index contributed by atoms with van der Waals surface area (Å²) in [6, 6.07) is 0. The van der Waals surface area contributed by atoms with E-state index >= 15 is 0 Å². The van der Waals surface area contributed by atoms with Crippen LogP contribution in [0.15, 0.2) is 6.20 Å². The Bertz CT molecular complexity index is 279. The summed E-state index contributed by atoms with van der Waals surface area (Å²) in [5, 5.41) is 0. The second-order valence-electron chi connectivity index (χ2n) is 1.98. The van der Waals surface area contributed by atoms with Crippen LogP contribution in [0.4, 0.5) is 5.82 Å². The first kappa shape index (κ1) is 7.21. The number of nitrogens with one attached hydrogen (secondary N) is 1. The van der Waals surface area contributed by atoms with E-state index in [0.29, 0.717) is 10.6 Å². The highest BCUT2D eigenvalue weighted by Gasteiger charge is 1.93. The second-order valence-corrected chi connectivity index (χ2v) is 2.37. The third-order valence-corrected chi connectivity index (χ3v) is 1.51. The lowest BCUT2D eigenvalue weighted by Crippen LogP contribution is -1.97. The number of hydrogen-bond donors (Lipinski definition) is 2. The van der Waals surface area contributed by atoms with Crippen LogP contribution in [0, 0.1) is 4.77 Å². The Morgan fingerprint density at radius 1 is 1.80 bits per heavy atom. The molecule has 0 amide bonds. The van der Waals surface area contributed by atoms with Crippen LogP contribution >= 0.6 is 12.2 Å². The van der Waals surface area contributed by atoms with Gasteiger partial charge in [-0.25, -0.2) is 4.98 Å². The predicted octanol–water partition coefficient (Wildman–Crippen LogP) is 1.28. The zero-order valence-corrected chi connectivity index (χ0v) is 6.53. The van der Waals surface area contributed by atoms with E-state index in [1.165, 1.54) is 0 Å². The molecule has 0 aromatic carbocycles. The van der Waals surface area contributed by atoms with Crippen LogP contribution in [0.5, 0.6) is 0 Å². The topological polar surface area (TPSA) is 54.7 Å². The zero-order valence-electron chi connectivity index (χ0n) is 5.72. The molecule has 0 radical (unpaired) electrons. The summed E-state index contributed by atoms with van der Waals surface area (Å²) in [7, 11) is 0. The fraction of sp³-hybridized carbons (Fsp3) is 0.333. The third-order valence-electron chi connectivity index (χ3n) is 1.31. The molecule has 0 aliphatic heterocycles. The number of aromatic amines is 1. The highest BCUT2D eigenvalue weighted by molar-refractivity contribution is 7.71. The van der Waals surface area contributed by atoms with Crippen LogP contribution in [0.3, 0.4) is 0 Å². The fourth-order valence-electron chi connectivity index (χ4n) is 0.716. The summed E-state index contributed by atoms with van der Waals surface area (Å²) < 4.78 is 0.440. The Kier molecular flexibility index (Phi) is 2.01. The van der Waals surface area contributed by atoms with Crippen molar-refractivity contribution < 1.29 is 0 Å². The van der Waals surface area contributed by atoms with Gasteiger partial charge in [-0.1, -0.05) is 6.92 Å². The van der Waals surface area contributed by atoms with Crippen LogP contribution in [-0.4, -0.2) is 9.97 Å². The van der Waals surface area contributed by atoms with E-state index in [0.717, 1.165) is 12.0 Å². The maximum absolute atomic E-state index is 5.57. The minimum atomic E-state index is 0.440. The van der Waals surface area contributed by atoms with E-state index < -0.39 is 0 Å². The average molecular weight is 155 g/mol. The summed E-state index contributed by atoms with van der Waals surface area (Å²) in [5.74, 6) is 0.627. The molecule has 0 saturated heterocycles. The van der Waals surface area contributed by atoms with Crippen LogP contribution in [0.2, 0.25) is 0 Å². The van der Waals surface area contributed by atoms with Crippen molar-refractivity contribution in [2.24, 2.45) is 0 Å². The van der Waals surface area contributed by atoms with E-state index in [4.69, 9.17) is 18.0 Å². The minimum absolute atomic E-state index is 0.440. The summed E-state index contributed by atoms with van der Waals surface area (Å²) in [6.45, 7) is 2.02. The Labute approximate surface area is 64.3 Å². The first-order valence-electron chi connectivity index (χ1n) is 3.07. The van der Waals surface area contributed by atoms with E-state index in [-0.39, 0.29) is 0 Å². The van der Waals surface area contributed by atoms with E-state index in [1.54, 1.807) is 6.20 Å². The monoisotopic (exact) mass is 155 g/mol. The van der Waals surface area contributed by atoms with Crippen molar-refractivity contribution in [3.63, 3.8) is 0 Å². The maximum Gasteiger partial charge on any atom is 0.198 e. The van der Waals surface area contributed by atoms with Gasteiger partial charge in [0.1, 0.15) is 5.82 Å². The SMILES string of the molecule is CCc1cnc(=S)[nH]c1N. The molecule has 0 unspecified atom stereocenters. The largest absolute Gasteiger partial charge is 0.385 e. The molecule has 54 valence electrons. The molecule has 0 bridgehead atoms. The molecule has 1 rings (SSSR count). The van der Waals surface area contributed by atoms with E-state index in [9.17, 15) is 0 Å². The lowest BCUT2D eigenvalue weighted by molar-refractivity contribution is 1.04. The number of aromatic nitrogens is 2. The summed E-state index contributed by atoms with van der Waals surface area (Å²) >= 11 is 4.76. The molecule has 0 spiro atoms. The van der Waals surface area contributed by atoms with Gasteiger partial charge in [-0.3, -0.25) is 0 Å². The first-order chi connectivity index (χ1) is 4.74. The molecule has 0 aliphatic rings. The van der Waals surface area contributed by atoms with Crippen LogP contribution in [0.25, 0.3) is 0 Å². The number of nitrogen functional groups attached to an aromatic ring is 1. The maximum atomic E-state index is 5.57. The summed E-state index contributed by atoms with van der Waals surface area (Å²) in [4.78, 5) is 6.66. The van der Waals surface area contributed by atoms with Gasteiger partial charge >= 0.3 is 0 Å². The summed E-state index contributed by atoms with van der Waals surface area (Å²) in [5.41, 5.74) is 6.58. The lowest BCUT2D eigenvalue weighted by Gasteiger charge is -1.98. The zero-order chi connectivity index (χ0) is 7.56. The first-order valence-corrected chi connectivity index (χ1v) is 3.48. The number of hydrogen-bond acceptors (Lipinski definition) is 3. The molecular weight excluding hydrogens is 146 g/mol. The smallest absolute Gasteiger partial charge is 0.198 e. The van der Waals surface area contributed by atoms with Crippen molar-refractivity contribution in [1.29, 1.82) is 0 Å². The van der Waals surface area contributed by atoms with Gasteiger partial charge in [-0.2, -0.15) is 0 Å². The van der Waals surface area contributed by atoms with Gasteiger partial charge in [0, 0.05) is 11.8 Å². The van der Waals surface area contributed by atoms with Gasteiger partial charge in [0.15, 0.2) is 4.77 Å². The number of H-pyrrole nitrogens is 1. The van der Waals surface area contributed by atoms with Crippen molar-refractivity contribution >= 4 is 18.0 Å². The number of anilines is 1. The van der Waals surface area contributed by atoms with Gasteiger partial charge in [-0.05, 0) is 18.6 Å². The van der Waals surface area contributed by atoms with E-state index in [2.05, 4.69) is 9.97 Å². The molecule has 0 aliphatic carbocycles. The number of rotatable bonds is 1. The molecular formula is C6H9N3S. The van der Waals surface area contributed by atoms with Gasteiger partial charge in [0.05, 0.1) is 0 Å². The molecule has 0 atom stereocenters. The van der Waals surface area contributed by atoms with Crippen LogP contribution in [-0.2, 0) is 6.42 Å². The predicted molar refractivity (Wildman–Crippen MR) is 43.2 cm³/mol. The fourth-order valence-corrected chi connectivity index (χ4v) is 0.878. The molecule has 1 heterocycles. The number of nitrogens with two attached hydrogens (primary N) is 1. The summed E-state index contributed by atoms with van der Waals surface area (Å²) in [6.07, 6.45) is 2.58.